The van der Waals surface area contributed by atoms with E-state index in [1.165, 1.54) is 12.1 Å². The second-order valence-corrected chi connectivity index (χ2v) is 5.39. The molecule has 0 atom stereocenters. The van der Waals surface area contributed by atoms with Crippen molar-refractivity contribution in [1.82, 2.24) is 9.97 Å². The molecular formula is C18H16F2N4O. The Balaban J connectivity index is 1.72. The number of nitrogens with one attached hydrogen (secondary N) is 1. The largest absolute Gasteiger partial charge is 0.435 e. The minimum absolute atomic E-state index is 0.106. The van der Waals surface area contributed by atoms with Crippen LogP contribution in [0.5, 0.6) is 5.75 Å². The number of aryl methyl sites for hydroxylation is 1. The number of benzene rings is 2. The standard InChI is InChI=1S/C18H16F2N4O/c1-11-2-5-14(8-16(11)21)24-18-22-9-13(10-23-18)12-3-6-15(7-4-12)25-17(19)20/h2-10,17H,21H2,1H3,(H,22,23,24). The number of nitrogens with zero attached hydrogens (tertiary/aromatic N) is 2. The monoisotopic (exact) mass is 342 g/mol. The van der Waals surface area contributed by atoms with Gasteiger partial charge >= 0.3 is 6.61 Å². The summed E-state index contributed by atoms with van der Waals surface area (Å²) in [6, 6.07) is 11.9. The highest BCUT2D eigenvalue weighted by molar-refractivity contribution is 5.65. The Morgan fingerprint density at radius 3 is 2.28 bits per heavy atom. The van der Waals surface area contributed by atoms with E-state index in [1.807, 2.05) is 25.1 Å². The average molecular weight is 342 g/mol. The van der Waals surface area contributed by atoms with Gasteiger partial charge in [0, 0.05) is 29.3 Å². The molecule has 2 aromatic carbocycles. The van der Waals surface area contributed by atoms with E-state index in [2.05, 4.69) is 20.0 Å². The molecule has 3 N–H and O–H groups in total. The van der Waals surface area contributed by atoms with E-state index in [4.69, 9.17) is 5.73 Å². The summed E-state index contributed by atoms with van der Waals surface area (Å²) in [7, 11) is 0. The molecule has 0 saturated heterocycles. The molecule has 0 aliphatic heterocycles. The van der Waals surface area contributed by atoms with Gasteiger partial charge in [-0.15, -0.1) is 0 Å². The van der Waals surface area contributed by atoms with E-state index in [0.717, 1.165) is 22.4 Å². The molecule has 25 heavy (non-hydrogen) atoms. The van der Waals surface area contributed by atoms with Gasteiger partial charge < -0.3 is 15.8 Å². The number of hydrogen-bond acceptors (Lipinski definition) is 5. The summed E-state index contributed by atoms with van der Waals surface area (Å²) >= 11 is 0. The third kappa shape index (κ3) is 4.20. The summed E-state index contributed by atoms with van der Waals surface area (Å²) in [5, 5.41) is 3.08. The van der Waals surface area contributed by atoms with Gasteiger partial charge in [0.15, 0.2) is 0 Å². The van der Waals surface area contributed by atoms with E-state index in [0.29, 0.717) is 11.6 Å². The number of aromatic nitrogens is 2. The van der Waals surface area contributed by atoms with Crippen LogP contribution in [0, 0.1) is 6.92 Å². The summed E-state index contributed by atoms with van der Waals surface area (Å²) in [6.45, 7) is -0.905. The number of hydrogen-bond donors (Lipinski definition) is 2. The highest BCUT2D eigenvalue weighted by Crippen LogP contribution is 2.24. The molecule has 0 unspecified atom stereocenters. The van der Waals surface area contributed by atoms with E-state index >= 15 is 0 Å². The minimum atomic E-state index is -2.84. The van der Waals surface area contributed by atoms with Crippen LogP contribution in [0.15, 0.2) is 54.9 Å². The van der Waals surface area contributed by atoms with Gasteiger partial charge in [-0.2, -0.15) is 8.78 Å². The van der Waals surface area contributed by atoms with Gasteiger partial charge in [0.1, 0.15) is 5.75 Å². The Kier molecular flexibility index (Phi) is 4.74. The van der Waals surface area contributed by atoms with Crippen LogP contribution in [-0.2, 0) is 0 Å². The first-order valence-corrected chi connectivity index (χ1v) is 7.52. The van der Waals surface area contributed by atoms with Gasteiger partial charge in [0.25, 0.3) is 0 Å². The van der Waals surface area contributed by atoms with Crippen LogP contribution in [0.2, 0.25) is 0 Å². The first-order valence-electron chi connectivity index (χ1n) is 7.52. The fourth-order valence-corrected chi connectivity index (χ4v) is 2.22. The second-order valence-electron chi connectivity index (χ2n) is 5.39. The molecule has 0 fully saturated rings. The number of ether oxygens (including phenoxy) is 1. The predicted molar refractivity (Wildman–Crippen MR) is 93.0 cm³/mol. The number of halogens is 2. The lowest BCUT2D eigenvalue weighted by atomic mass is 10.1. The molecule has 128 valence electrons. The third-order valence-electron chi connectivity index (χ3n) is 3.60. The molecule has 1 aromatic heterocycles. The van der Waals surface area contributed by atoms with Gasteiger partial charge in [-0.05, 0) is 42.3 Å². The number of rotatable bonds is 5. The minimum Gasteiger partial charge on any atom is -0.435 e. The van der Waals surface area contributed by atoms with Crippen LogP contribution in [0.4, 0.5) is 26.1 Å². The number of alkyl halides is 2. The van der Waals surface area contributed by atoms with E-state index < -0.39 is 6.61 Å². The molecule has 7 heteroatoms. The first-order chi connectivity index (χ1) is 12.0. The van der Waals surface area contributed by atoms with Crippen molar-refractivity contribution in [3.63, 3.8) is 0 Å². The zero-order valence-electron chi connectivity index (χ0n) is 13.4. The van der Waals surface area contributed by atoms with Gasteiger partial charge in [-0.3, -0.25) is 0 Å². The van der Waals surface area contributed by atoms with Crippen LogP contribution in [-0.4, -0.2) is 16.6 Å². The van der Waals surface area contributed by atoms with E-state index in [-0.39, 0.29) is 5.75 Å². The highest BCUT2D eigenvalue weighted by atomic mass is 19.3. The summed E-state index contributed by atoms with van der Waals surface area (Å²) in [5.41, 5.74) is 9.92. The zero-order chi connectivity index (χ0) is 17.8. The van der Waals surface area contributed by atoms with Crippen molar-refractivity contribution in [2.45, 2.75) is 13.5 Å². The van der Waals surface area contributed by atoms with E-state index in [9.17, 15) is 8.78 Å². The fourth-order valence-electron chi connectivity index (χ4n) is 2.22. The molecule has 0 spiro atoms. The number of nitrogen functional groups attached to an aromatic ring is 1. The van der Waals surface area contributed by atoms with Gasteiger partial charge in [-0.25, -0.2) is 9.97 Å². The van der Waals surface area contributed by atoms with Crippen molar-refractivity contribution in [2.24, 2.45) is 0 Å². The van der Waals surface area contributed by atoms with Gasteiger partial charge in [0.05, 0.1) is 0 Å². The van der Waals surface area contributed by atoms with Crippen molar-refractivity contribution < 1.29 is 13.5 Å². The van der Waals surface area contributed by atoms with Gasteiger partial charge in [0.2, 0.25) is 5.95 Å². The predicted octanol–water partition coefficient (Wildman–Crippen LogP) is 4.38. The van der Waals surface area contributed by atoms with Crippen LogP contribution >= 0.6 is 0 Å². The lowest BCUT2D eigenvalue weighted by molar-refractivity contribution is -0.0498. The maximum Gasteiger partial charge on any atom is 0.387 e. The summed E-state index contributed by atoms with van der Waals surface area (Å²) < 4.78 is 28.6. The molecule has 0 amide bonds. The lowest BCUT2D eigenvalue weighted by Crippen LogP contribution is -2.01. The van der Waals surface area contributed by atoms with Crippen LogP contribution in [0.3, 0.4) is 0 Å². The molecule has 0 bridgehead atoms. The van der Waals surface area contributed by atoms with Crippen LogP contribution < -0.4 is 15.8 Å². The average Bonchev–Trinajstić information content (AvgIpc) is 2.59. The van der Waals surface area contributed by atoms with Crippen molar-refractivity contribution in [1.29, 1.82) is 0 Å². The molecule has 3 rings (SSSR count). The normalized spacial score (nSPS) is 10.7. The second kappa shape index (κ2) is 7.12. The lowest BCUT2D eigenvalue weighted by Gasteiger charge is -2.08. The van der Waals surface area contributed by atoms with E-state index in [1.54, 1.807) is 24.5 Å². The van der Waals surface area contributed by atoms with Crippen molar-refractivity contribution in [3.05, 3.63) is 60.4 Å². The number of nitrogens with two attached hydrogens (primary N) is 1. The van der Waals surface area contributed by atoms with Crippen LogP contribution in [0.1, 0.15) is 5.56 Å². The molecule has 5 nitrogen and oxygen atoms in total. The Bertz CT molecular complexity index is 852. The topological polar surface area (TPSA) is 73.1 Å². The van der Waals surface area contributed by atoms with Crippen molar-refractivity contribution >= 4 is 17.3 Å². The Hall–Kier alpha value is -3.22. The Labute approximate surface area is 143 Å². The third-order valence-corrected chi connectivity index (χ3v) is 3.60. The van der Waals surface area contributed by atoms with Crippen molar-refractivity contribution in [2.75, 3.05) is 11.1 Å². The molecule has 0 saturated carbocycles. The number of anilines is 3. The molecule has 3 aromatic rings. The Morgan fingerprint density at radius 2 is 1.68 bits per heavy atom. The summed E-state index contributed by atoms with van der Waals surface area (Å²) in [6.07, 6.45) is 3.30. The zero-order valence-corrected chi connectivity index (χ0v) is 13.4. The maximum absolute atomic E-state index is 12.2. The SMILES string of the molecule is Cc1ccc(Nc2ncc(-c3ccc(OC(F)F)cc3)cn2)cc1N. The van der Waals surface area contributed by atoms with Crippen LogP contribution in [0.25, 0.3) is 11.1 Å². The molecule has 0 aliphatic rings. The fraction of sp³-hybridized carbons (Fsp3) is 0.111. The summed E-state index contributed by atoms with van der Waals surface area (Å²) in [5.74, 6) is 0.541. The highest BCUT2D eigenvalue weighted by Gasteiger charge is 2.06. The maximum atomic E-state index is 12.2. The molecule has 0 aliphatic carbocycles. The molecule has 1 heterocycles. The first kappa shape index (κ1) is 16.6. The smallest absolute Gasteiger partial charge is 0.387 e. The Morgan fingerprint density at radius 1 is 1.00 bits per heavy atom. The molecular weight excluding hydrogens is 326 g/mol. The van der Waals surface area contributed by atoms with Crippen molar-refractivity contribution in [3.8, 4) is 16.9 Å². The van der Waals surface area contributed by atoms with Gasteiger partial charge in [-0.1, -0.05) is 18.2 Å². The quantitative estimate of drug-likeness (QED) is 0.673. The summed E-state index contributed by atoms with van der Waals surface area (Å²) in [4.78, 5) is 8.52. The molecule has 0 radical (unpaired) electrons.